The molecule has 154 valence electrons. The molecule has 2 aliphatic rings. The Morgan fingerprint density at radius 1 is 1.30 bits per heavy atom. The van der Waals surface area contributed by atoms with Crippen LogP contribution in [-0.2, 0) is 4.74 Å². The molecule has 2 saturated heterocycles. The number of nitro benzene ring substituents is 1. The first-order chi connectivity index (χ1) is 12.1. The molecule has 1 atom stereocenters. The minimum absolute atomic E-state index is 0. The van der Waals surface area contributed by atoms with Gasteiger partial charge >= 0.3 is 0 Å². The Kier molecular flexibility index (Phi) is 9.55. The fourth-order valence-corrected chi connectivity index (χ4v) is 3.84. The van der Waals surface area contributed by atoms with E-state index in [0.717, 1.165) is 39.0 Å². The first-order valence-corrected chi connectivity index (χ1v) is 8.69. The topological polar surface area (TPSA) is 97.1 Å². The first-order valence-electron chi connectivity index (χ1n) is 8.69. The number of halogens is 2. The molecule has 2 heterocycles. The fourth-order valence-electron chi connectivity index (χ4n) is 3.84. The largest absolute Gasteiger partial charge is 0.504 e. The Bertz CT molecular complexity index is 605. The number of phenolic OH excluding ortho intramolecular Hbond substituents is 1. The number of aromatic hydroxyl groups is 1. The number of nitro groups is 1. The smallest absolute Gasteiger partial charge is 0.273 e. The number of rotatable bonds is 5. The van der Waals surface area contributed by atoms with Gasteiger partial charge in [0.25, 0.3) is 5.69 Å². The quantitative estimate of drug-likeness (QED) is 0.554. The van der Waals surface area contributed by atoms with Gasteiger partial charge in [0.15, 0.2) is 11.5 Å². The minimum Gasteiger partial charge on any atom is -0.504 e. The van der Waals surface area contributed by atoms with Gasteiger partial charge in [-0.15, -0.1) is 24.8 Å². The zero-order chi connectivity index (χ0) is 17.8. The predicted octanol–water partition coefficient (Wildman–Crippen LogP) is 2.53. The van der Waals surface area contributed by atoms with Gasteiger partial charge in [-0.2, -0.15) is 0 Å². The maximum Gasteiger partial charge on any atom is 0.273 e. The van der Waals surface area contributed by atoms with Gasteiger partial charge in [0.05, 0.1) is 18.1 Å². The van der Waals surface area contributed by atoms with Gasteiger partial charge in [-0.3, -0.25) is 15.0 Å². The SMILES string of the molecule is COc1cc([N+](=O)[O-])cc([C@H](C2CCOCC2)N2CCNCC2)c1O.Cl.Cl. The molecule has 0 aromatic heterocycles. The summed E-state index contributed by atoms with van der Waals surface area (Å²) in [5.74, 6) is 0.434. The fraction of sp³-hybridized carbons (Fsp3) is 0.647. The van der Waals surface area contributed by atoms with Crippen LogP contribution in [-0.4, -0.2) is 61.4 Å². The average molecular weight is 424 g/mol. The van der Waals surface area contributed by atoms with Crippen molar-refractivity contribution in [3.05, 3.63) is 27.8 Å². The molecule has 1 aromatic carbocycles. The highest BCUT2D eigenvalue weighted by atomic mass is 35.5. The van der Waals surface area contributed by atoms with Gasteiger partial charge in [0.1, 0.15) is 0 Å². The molecule has 27 heavy (non-hydrogen) atoms. The monoisotopic (exact) mass is 423 g/mol. The molecule has 8 nitrogen and oxygen atoms in total. The first kappa shape index (κ1) is 23.7. The lowest BCUT2D eigenvalue weighted by molar-refractivity contribution is -0.385. The highest BCUT2D eigenvalue weighted by Gasteiger charge is 2.35. The van der Waals surface area contributed by atoms with Gasteiger partial charge in [0, 0.05) is 57.1 Å². The van der Waals surface area contributed by atoms with Crippen LogP contribution in [0.25, 0.3) is 0 Å². The minimum atomic E-state index is -0.440. The van der Waals surface area contributed by atoms with Crippen molar-refractivity contribution < 1.29 is 19.5 Å². The number of piperazine rings is 1. The van der Waals surface area contributed by atoms with Crippen LogP contribution >= 0.6 is 24.8 Å². The molecule has 0 radical (unpaired) electrons. The molecule has 0 aliphatic carbocycles. The van der Waals surface area contributed by atoms with E-state index in [2.05, 4.69) is 10.2 Å². The maximum atomic E-state index is 11.3. The summed E-state index contributed by atoms with van der Waals surface area (Å²) >= 11 is 0. The van der Waals surface area contributed by atoms with Crippen LogP contribution in [0.5, 0.6) is 11.5 Å². The van der Waals surface area contributed by atoms with Crippen molar-refractivity contribution in [2.45, 2.75) is 18.9 Å². The summed E-state index contributed by atoms with van der Waals surface area (Å²) in [6, 6.07) is 2.69. The summed E-state index contributed by atoms with van der Waals surface area (Å²) in [4.78, 5) is 13.2. The summed E-state index contributed by atoms with van der Waals surface area (Å²) in [6.45, 7) is 4.78. The van der Waals surface area contributed by atoms with E-state index in [1.807, 2.05) is 0 Å². The highest BCUT2D eigenvalue weighted by molar-refractivity contribution is 5.85. The van der Waals surface area contributed by atoms with Crippen LogP contribution in [0.3, 0.4) is 0 Å². The van der Waals surface area contributed by atoms with E-state index < -0.39 is 4.92 Å². The Morgan fingerprint density at radius 2 is 1.93 bits per heavy atom. The third-order valence-electron chi connectivity index (χ3n) is 5.10. The highest BCUT2D eigenvalue weighted by Crippen LogP contribution is 2.44. The lowest BCUT2D eigenvalue weighted by Crippen LogP contribution is -2.47. The van der Waals surface area contributed by atoms with E-state index in [1.54, 1.807) is 0 Å². The Hall–Kier alpha value is -1.32. The van der Waals surface area contributed by atoms with Gasteiger partial charge in [-0.05, 0) is 18.8 Å². The van der Waals surface area contributed by atoms with Crippen LogP contribution in [0.2, 0.25) is 0 Å². The Balaban J connectivity index is 0.00000182. The van der Waals surface area contributed by atoms with E-state index in [0.29, 0.717) is 18.8 Å². The van der Waals surface area contributed by atoms with Crippen LogP contribution in [0, 0.1) is 16.0 Å². The number of nitrogens with zero attached hydrogens (tertiary/aromatic N) is 2. The molecule has 2 N–H and O–H groups in total. The van der Waals surface area contributed by atoms with Gasteiger partial charge in [-0.25, -0.2) is 0 Å². The number of hydrogen-bond donors (Lipinski definition) is 2. The molecule has 0 spiro atoms. The van der Waals surface area contributed by atoms with E-state index in [4.69, 9.17) is 9.47 Å². The van der Waals surface area contributed by atoms with Crippen molar-refractivity contribution in [1.29, 1.82) is 0 Å². The lowest BCUT2D eigenvalue weighted by atomic mass is 9.84. The second-order valence-electron chi connectivity index (χ2n) is 6.52. The van der Waals surface area contributed by atoms with Crippen molar-refractivity contribution in [2.24, 2.45) is 5.92 Å². The molecule has 0 saturated carbocycles. The number of methoxy groups -OCH3 is 1. The molecule has 0 bridgehead atoms. The molecule has 0 unspecified atom stereocenters. The number of benzene rings is 1. The maximum absolute atomic E-state index is 11.3. The van der Waals surface area contributed by atoms with E-state index in [1.165, 1.54) is 19.2 Å². The predicted molar refractivity (Wildman–Crippen MR) is 107 cm³/mol. The average Bonchev–Trinajstić information content (AvgIpc) is 2.65. The number of hydrogen-bond acceptors (Lipinski definition) is 7. The van der Waals surface area contributed by atoms with E-state index in [-0.39, 0.29) is 54.0 Å². The summed E-state index contributed by atoms with van der Waals surface area (Å²) in [6.07, 6.45) is 1.75. The van der Waals surface area contributed by atoms with Gasteiger partial charge < -0.3 is 19.9 Å². The van der Waals surface area contributed by atoms with Gasteiger partial charge in [0.2, 0.25) is 0 Å². The standard InChI is InChI=1S/C17H25N3O5.2ClH/c1-24-15-11-13(20(22)23)10-14(17(15)21)16(12-2-8-25-9-3-12)19-6-4-18-5-7-19;;/h10-12,16,18,21H,2-9H2,1H3;2*1H/t16-;;/m0../s1. The van der Waals surface area contributed by atoms with Crippen LogP contribution in [0.1, 0.15) is 24.4 Å². The third-order valence-corrected chi connectivity index (χ3v) is 5.10. The van der Waals surface area contributed by atoms with E-state index in [9.17, 15) is 15.2 Å². The molecule has 3 rings (SSSR count). The Labute approximate surface area is 171 Å². The van der Waals surface area contributed by atoms with Crippen LogP contribution in [0.4, 0.5) is 5.69 Å². The molecule has 1 aromatic rings. The molecular weight excluding hydrogens is 397 g/mol. The van der Waals surface area contributed by atoms with Crippen molar-refractivity contribution in [3.63, 3.8) is 0 Å². The molecule has 0 amide bonds. The second-order valence-corrected chi connectivity index (χ2v) is 6.52. The summed E-state index contributed by atoms with van der Waals surface area (Å²) < 4.78 is 10.7. The van der Waals surface area contributed by atoms with Crippen LogP contribution < -0.4 is 10.1 Å². The molecule has 2 aliphatic heterocycles. The Morgan fingerprint density at radius 3 is 2.48 bits per heavy atom. The molecule has 10 heteroatoms. The lowest BCUT2D eigenvalue weighted by Gasteiger charge is -2.41. The zero-order valence-electron chi connectivity index (χ0n) is 15.3. The third kappa shape index (κ3) is 5.36. The van der Waals surface area contributed by atoms with Gasteiger partial charge in [-0.1, -0.05) is 0 Å². The number of ether oxygens (including phenoxy) is 2. The zero-order valence-corrected chi connectivity index (χ0v) is 16.9. The summed E-state index contributed by atoms with van der Waals surface area (Å²) in [5, 5.41) is 25.4. The van der Waals surface area contributed by atoms with Crippen molar-refractivity contribution in [1.82, 2.24) is 10.2 Å². The van der Waals surface area contributed by atoms with Crippen LogP contribution in [0.15, 0.2) is 12.1 Å². The van der Waals surface area contributed by atoms with Crippen molar-refractivity contribution in [2.75, 3.05) is 46.5 Å². The normalized spacial score (nSPS) is 19.4. The molecular formula is C17H27Cl2N3O5. The second kappa shape index (κ2) is 10.9. The number of phenols is 1. The summed E-state index contributed by atoms with van der Waals surface area (Å²) in [7, 11) is 1.41. The number of non-ortho nitro benzene ring substituents is 1. The van der Waals surface area contributed by atoms with Crippen molar-refractivity contribution >= 4 is 30.5 Å². The van der Waals surface area contributed by atoms with Crippen molar-refractivity contribution in [3.8, 4) is 11.5 Å². The molecule has 2 fully saturated rings. The number of nitrogens with one attached hydrogen (secondary N) is 1. The van der Waals surface area contributed by atoms with E-state index >= 15 is 0 Å². The summed E-state index contributed by atoms with van der Waals surface area (Å²) in [5.41, 5.74) is 0.525.